The van der Waals surface area contributed by atoms with E-state index in [1.807, 2.05) is 30.3 Å². The van der Waals surface area contributed by atoms with Gasteiger partial charge in [0.25, 0.3) is 0 Å². The molecule has 1 aliphatic heterocycles. The van der Waals surface area contributed by atoms with E-state index >= 15 is 0 Å². The van der Waals surface area contributed by atoms with Crippen molar-refractivity contribution in [3.05, 3.63) is 65.7 Å². The summed E-state index contributed by atoms with van der Waals surface area (Å²) in [5, 5.41) is 11.5. The van der Waals surface area contributed by atoms with Gasteiger partial charge >= 0.3 is 6.09 Å². The highest BCUT2D eigenvalue weighted by molar-refractivity contribution is 5.99. The summed E-state index contributed by atoms with van der Waals surface area (Å²) in [7, 11) is 0. The predicted octanol–water partition coefficient (Wildman–Crippen LogP) is 2.98. The van der Waals surface area contributed by atoms with Gasteiger partial charge in [0.05, 0.1) is 11.6 Å². The van der Waals surface area contributed by atoms with Crippen LogP contribution in [0.1, 0.15) is 24.0 Å². The van der Waals surface area contributed by atoms with E-state index in [2.05, 4.69) is 11.4 Å². The largest absolute Gasteiger partial charge is 0.445 e. The van der Waals surface area contributed by atoms with Gasteiger partial charge < -0.3 is 15.0 Å². The quantitative estimate of drug-likeness (QED) is 0.920. The summed E-state index contributed by atoms with van der Waals surface area (Å²) in [5.74, 6) is -0.169. The minimum absolute atomic E-state index is 0.160. The Morgan fingerprint density at radius 3 is 2.62 bits per heavy atom. The molecule has 2 aromatic rings. The van der Waals surface area contributed by atoms with E-state index in [4.69, 9.17) is 10.00 Å². The number of ether oxygens (including phenoxy) is 1. The van der Waals surface area contributed by atoms with Crippen molar-refractivity contribution in [3.8, 4) is 6.07 Å². The first-order valence-electron chi connectivity index (χ1n) is 8.46. The molecule has 1 saturated heterocycles. The molecule has 26 heavy (non-hydrogen) atoms. The molecule has 6 heteroatoms. The van der Waals surface area contributed by atoms with Crippen molar-refractivity contribution in [3.63, 3.8) is 0 Å². The van der Waals surface area contributed by atoms with Gasteiger partial charge in [-0.05, 0) is 42.7 Å². The molecule has 0 aromatic heterocycles. The molecular formula is C20H19N3O3. The van der Waals surface area contributed by atoms with Gasteiger partial charge in [0.2, 0.25) is 5.91 Å². The Morgan fingerprint density at radius 2 is 1.92 bits per heavy atom. The number of nitrogens with zero attached hydrogens (tertiary/aromatic N) is 2. The smallest absolute Gasteiger partial charge is 0.408 e. The van der Waals surface area contributed by atoms with Gasteiger partial charge in [-0.2, -0.15) is 5.26 Å². The molecule has 6 nitrogen and oxygen atoms in total. The number of hydrogen-bond donors (Lipinski definition) is 1. The zero-order chi connectivity index (χ0) is 18.4. The van der Waals surface area contributed by atoms with Crippen LogP contribution in [0.15, 0.2) is 54.6 Å². The molecule has 132 valence electrons. The predicted molar refractivity (Wildman–Crippen MR) is 96.3 cm³/mol. The summed E-state index contributed by atoms with van der Waals surface area (Å²) in [6, 6.07) is 17.6. The molecular weight excluding hydrogens is 330 g/mol. The molecule has 1 fully saturated rings. The first kappa shape index (κ1) is 17.5. The summed E-state index contributed by atoms with van der Waals surface area (Å²) in [5.41, 5.74) is 2.15. The topological polar surface area (TPSA) is 82.4 Å². The molecule has 1 N–H and O–H groups in total. The van der Waals surface area contributed by atoms with E-state index in [1.54, 1.807) is 29.2 Å². The molecule has 0 radical (unpaired) electrons. The molecule has 1 heterocycles. The first-order chi connectivity index (χ1) is 12.7. The Balaban J connectivity index is 1.58. The van der Waals surface area contributed by atoms with Crippen LogP contribution in [-0.4, -0.2) is 24.6 Å². The number of anilines is 1. The first-order valence-corrected chi connectivity index (χ1v) is 8.46. The lowest BCUT2D eigenvalue weighted by molar-refractivity contribution is -0.121. The van der Waals surface area contributed by atoms with Crippen molar-refractivity contribution in [2.45, 2.75) is 25.5 Å². The van der Waals surface area contributed by atoms with Gasteiger partial charge in [0, 0.05) is 12.2 Å². The SMILES string of the molecule is N#Cc1ccc(N2CCCC(NC(=O)OCc3ccccc3)C2=O)cc1. The van der Waals surface area contributed by atoms with Crippen molar-refractivity contribution in [2.75, 3.05) is 11.4 Å². The molecule has 2 aromatic carbocycles. The van der Waals surface area contributed by atoms with Gasteiger partial charge in [-0.15, -0.1) is 0 Å². The number of carbonyl (C=O) groups excluding carboxylic acids is 2. The van der Waals surface area contributed by atoms with Gasteiger partial charge in [-0.1, -0.05) is 30.3 Å². The molecule has 0 spiro atoms. The molecule has 1 atom stereocenters. The Hall–Kier alpha value is -3.33. The Morgan fingerprint density at radius 1 is 1.19 bits per heavy atom. The lowest BCUT2D eigenvalue weighted by Gasteiger charge is -2.32. The van der Waals surface area contributed by atoms with Crippen LogP contribution < -0.4 is 10.2 Å². The summed E-state index contributed by atoms with van der Waals surface area (Å²) < 4.78 is 5.19. The maximum Gasteiger partial charge on any atom is 0.408 e. The number of amides is 2. The van der Waals surface area contributed by atoms with E-state index < -0.39 is 12.1 Å². The Labute approximate surface area is 152 Å². The lowest BCUT2D eigenvalue weighted by atomic mass is 10.0. The van der Waals surface area contributed by atoms with E-state index in [-0.39, 0.29) is 12.5 Å². The van der Waals surface area contributed by atoms with Crippen LogP contribution in [0.2, 0.25) is 0 Å². The fourth-order valence-electron chi connectivity index (χ4n) is 2.89. The number of piperidine rings is 1. The molecule has 0 aliphatic carbocycles. The molecule has 2 amide bonds. The monoisotopic (exact) mass is 349 g/mol. The number of alkyl carbamates (subject to hydrolysis) is 1. The van der Waals surface area contributed by atoms with E-state index in [1.165, 1.54) is 0 Å². The second-order valence-corrected chi connectivity index (χ2v) is 6.05. The average Bonchev–Trinajstić information content (AvgIpc) is 2.69. The molecule has 1 unspecified atom stereocenters. The standard InChI is InChI=1S/C20H19N3O3/c21-13-15-8-10-17(11-9-15)23-12-4-7-18(19(23)24)22-20(25)26-14-16-5-2-1-3-6-16/h1-3,5-6,8-11,18H,4,7,12,14H2,(H,22,25). The number of hydrogen-bond acceptors (Lipinski definition) is 4. The van der Waals surface area contributed by atoms with Crippen molar-refractivity contribution in [1.82, 2.24) is 5.32 Å². The summed E-state index contributed by atoms with van der Waals surface area (Å²) in [6.45, 7) is 0.745. The number of rotatable bonds is 4. The summed E-state index contributed by atoms with van der Waals surface area (Å²) in [6.07, 6.45) is 0.746. The normalized spacial score (nSPS) is 16.7. The molecule has 3 rings (SSSR count). The lowest BCUT2D eigenvalue weighted by Crippen LogP contribution is -2.52. The minimum atomic E-state index is -0.609. The Kier molecular flexibility index (Phi) is 5.49. The third-order valence-electron chi connectivity index (χ3n) is 4.25. The second kappa shape index (κ2) is 8.17. The van der Waals surface area contributed by atoms with Gasteiger partial charge in [0.1, 0.15) is 12.6 Å². The van der Waals surface area contributed by atoms with E-state index in [9.17, 15) is 9.59 Å². The highest BCUT2D eigenvalue weighted by atomic mass is 16.5. The maximum absolute atomic E-state index is 12.7. The molecule has 0 saturated carbocycles. The molecule has 0 bridgehead atoms. The number of nitrogens with one attached hydrogen (secondary N) is 1. The van der Waals surface area contributed by atoms with Crippen molar-refractivity contribution < 1.29 is 14.3 Å². The third kappa shape index (κ3) is 4.19. The number of nitriles is 1. The fraction of sp³-hybridized carbons (Fsp3) is 0.250. The van der Waals surface area contributed by atoms with Gasteiger partial charge in [0.15, 0.2) is 0 Å². The average molecular weight is 349 g/mol. The zero-order valence-electron chi connectivity index (χ0n) is 14.2. The summed E-state index contributed by atoms with van der Waals surface area (Å²) in [4.78, 5) is 26.3. The van der Waals surface area contributed by atoms with Crippen molar-refractivity contribution >= 4 is 17.7 Å². The van der Waals surface area contributed by atoms with Gasteiger partial charge in [-0.3, -0.25) is 4.79 Å². The van der Waals surface area contributed by atoms with Crippen LogP contribution in [0, 0.1) is 11.3 Å². The van der Waals surface area contributed by atoms with Crippen LogP contribution in [0.25, 0.3) is 0 Å². The number of benzene rings is 2. The van der Waals surface area contributed by atoms with E-state index in [0.29, 0.717) is 18.5 Å². The highest BCUT2D eigenvalue weighted by Crippen LogP contribution is 2.21. The fourth-order valence-corrected chi connectivity index (χ4v) is 2.89. The van der Waals surface area contributed by atoms with Crippen molar-refractivity contribution in [2.24, 2.45) is 0 Å². The minimum Gasteiger partial charge on any atom is -0.445 e. The van der Waals surface area contributed by atoms with Crippen LogP contribution >= 0.6 is 0 Å². The summed E-state index contributed by atoms with van der Waals surface area (Å²) >= 11 is 0. The maximum atomic E-state index is 12.7. The van der Waals surface area contributed by atoms with Crippen LogP contribution in [0.4, 0.5) is 10.5 Å². The second-order valence-electron chi connectivity index (χ2n) is 6.05. The van der Waals surface area contributed by atoms with Crippen LogP contribution in [0.3, 0.4) is 0 Å². The zero-order valence-corrected chi connectivity index (χ0v) is 14.2. The van der Waals surface area contributed by atoms with Crippen molar-refractivity contribution in [1.29, 1.82) is 5.26 Å². The number of carbonyl (C=O) groups is 2. The van der Waals surface area contributed by atoms with Gasteiger partial charge in [-0.25, -0.2) is 4.79 Å². The van der Waals surface area contributed by atoms with Crippen LogP contribution in [-0.2, 0) is 16.1 Å². The Bertz CT molecular complexity index is 812. The van der Waals surface area contributed by atoms with Crippen LogP contribution in [0.5, 0.6) is 0 Å². The molecule has 1 aliphatic rings. The third-order valence-corrected chi connectivity index (χ3v) is 4.25. The highest BCUT2D eigenvalue weighted by Gasteiger charge is 2.31. The van der Waals surface area contributed by atoms with E-state index in [0.717, 1.165) is 17.7 Å².